The van der Waals surface area contributed by atoms with E-state index in [4.69, 9.17) is 21.3 Å². The third kappa shape index (κ3) is 4.92. The van der Waals surface area contributed by atoms with Crippen LogP contribution in [-0.4, -0.2) is 32.7 Å². The summed E-state index contributed by atoms with van der Waals surface area (Å²) in [5.41, 5.74) is 7.99. The Labute approximate surface area is 227 Å². The predicted molar refractivity (Wildman–Crippen MR) is 152 cm³/mol. The maximum Gasteiger partial charge on any atom is 0.186 e. The summed E-state index contributed by atoms with van der Waals surface area (Å²) in [6.07, 6.45) is 0.212. The SMILES string of the molecule is CC(=O)[C@@H](OC(C)(C)C)c1c(C)cc2nc(N3CCc4nn(C)c(C)c4C3)sc2c1-c1ccc(Cl)cc1. The molecule has 4 aromatic rings. The number of carbonyl (C=O) groups excluding carboxylic acids is 1. The van der Waals surface area contributed by atoms with E-state index in [0.29, 0.717) is 5.02 Å². The minimum absolute atomic E-state index is 0.0204. The average molecular weight is 537 g/mol. The van der Waals surface area contributed by atoms with E-state index in [1.165, 1.54) is 17.0 Å². The summed E-state index contributed by atoms with van der Waals surface area (Å²) in [6.45, 7) is 13.4. The van der Waals surface area contributed by atoms with Gasteiger partial charge in [-0.3, -0.25) is 9.48 Å². The van der Waals surface area contributed by atoms with Gasteiger partial charge in [-0.05, 0) is 70.9 Å². The Kier molecular flexibility index (Phi) is 6.67. The summed E-state index contributed by atoms with van der Waals surface area (Å²) in [7, 11) is 2.00. The second-order valence-corrected chi connectivity index (χ2v) is 12.3. The van der Waals surface area contributed by atoms with Gasteiger partial charge >= 0.3 is 0 Å². The van der Waals surface area contributed by atoms with Crippen LogP contribution in [0.1, 0.15) is 61.9 Å². The van der Waals surface area contributed by atoms with Crippen LogP contribution >= 0.6 is 22.9 Å². The maximum atomic E-state index is 13.0. The molecule has 0 fully saturated rings. The van der Waals surface area contributed by atoms with Crippen LogP contribution in [0.4, 0.5) is 5.13 Å². The van der Waals surface area contributed by atoms with Crippen LogP contribution < -0.4 is 4.90 Å². The van der Waals surface area contributed by atoms with Crippen LogP contribution in [0, 0.1) is 13.8 Å². The molecule has 1 atom stereocenters. The van der Waals surface area contributed by atoms with Gasteiger partial charge in [-0.25, -0.2) is 4.98 Å². The van der Waals surface area contributed by atoms with Crippen molar-refractivity contribution in [1.82, 2.24) is 14.8 Å². The quantitative estimate of drug-likeness (QED) is 0.275. The Bertz CT molecular complexity index is 1500. The molecule has 0 spiro atoms. The minimum Gasteiger partial charge on any atom is -0.360 e. The third-order valence-corrected chi connectivity index (χ3v) is 8.33. The van der Waals surface area contributed by atoms with E-state index in [9.17, 15) is 4.79 Å². The van der Waals surface area contributed by atoms with Crippen molar-refractivity contribution in [3.05, 3.63) is 63.4 Å². The topological polar surface area (TPSA) is 60.2 Å². The number of nitrogens with zero attached hydrogens (tertiary/aromatic N) is 4. The lowest BCUT2D eigenvalue weighted by molar-refractivity contribution is -0.138. The fourth-order valence-electron chi connectivity index (χ4n) is 5.08. The largest absolute Gasteiger partial charge is 0.360 e. The number of ether oxygens (including phenoxy) is 1. The molecule has 0 radical (unpaired) electrons. The van der Waals surface area contributed by atoms with E-state index in [-0.39, 0.29) is 5.78 Å². The van der Waals surface area contributed by atoms with Crippen LogP contribution in [0.25, 0.3) is 21.3 Å². The van der Waals surface area contributed by atoms with Gasteiger partial charge in [-0.1, -0.05) is 35.1 Å². The number of anilines is 1. The molecule has 37 heavy (non-hydrogen) atoms. The summed E-state index contributed by atoms with van der Waals surface area (Å²) < 4.78 is 9.39. The van der Waals surface area contributed by atoms with Crippen molar-refractivity contribution >= 4 is 44.1 Å². The van der Waals surface area contributed by atoms with Gasteiger partial charge in [0.2, 0.25) is 0 Å². The van der Waals surface area contributed by atoms with Gasteiger partial charge in [0.1, 0.15) is 6.10 Å². The number of aryl methyl sites for hydroxylation is 2. The number of fused-ring (bicyclic) bond motifs is 2. The number of thiazole rings is 1. The molecule has 0 amide bonds. The van der Waals surface area contributed by atoms with Gasteiger partial charge in [-0.2, -0.15) is 5.10 Å². The summed E-state index contributed by atoms with van der Waals surface area (Å²) in [4.78, 5) is 20.4. The highest BCUT2D eigenvalue weighted by atomic mass is 35.5. The van der Waals surface area contributed by atoms with Crippen molar-refractivity contribution < 1.29 is 9.53 Å². The number of ketones is 1. The van der Waals surface area contributed by atoms with E-state index in [1.54, 1.807) is 18.3 Å². The van der Waals surface area contributed by atoms with Crippen molar-refractivity contribution in [2.45, 2.75) is 66.2 Å². The van der Waals surface area contributed by atoms with Crippen LogP contribution in [0.5, 0.6) is 0 Å². The zero-order valence-corrected chi connectivity index (χ0v) is 24.0. The predicted octanol–water partition coefficient (Wildman–Crippen LogP) is 6.97. The summed E-state index contributed by atoms with van der Waals surface area (Å²) in [5, 5.41) is 6.34. The number of hydrogen-bond acceptors (Lipinski definition) is 6. The Balaban J connectivity index is 1.69. The summed E-state index contributed by atoms with van der Waals surface area (Å²) in [6, 6.07) is 9.90. The number of Topliss-reactive ketones (excluding diaryl/α,β-unsaturated/α-hetero) is 1. The van der Waals surface area contributed by atoms with Crippen LogP contribution in [-0.2, 0) is 29.5 Å². The highest BCUT2D eigenvalue weighted by molar-refractivity contribution is 7.22. The van der Waals surface area contributed by atoms with Crippen LogP contribution in [0.2, 0.25) is 5.02 Å². The second kappa shape index (κ2) is 9.53. The van der Waals surface area contributed by atoms with Crippen LogP contribution in [0.3, 0.4) is 0 Å². The molecule has 0 N–H and O–H groups in total. The molecule has 6 nitrogen and oxygen atoms in total. The van der Waals surface area contributed by atoms with Gasteiger partial charge < -0.3 is 9.64 Å². The lowest BCUT2D eigenvalue weighted by Crippen LogP contribution is -2.30. The van der Waals surface area contributed by atoms with Gasteiger partial charge in [-0.15, -0.1) is 0 Å². The molecule has 194 valence electrons. The minimum atomic E-state index is -0.684. The van der Waals surface area contributed by atoms with Crippen molar-refractivity contribution in [3.8, 4) is 11.1 Å². The van der Waals surface area contributed by atoms with E-state index in [2.05, 4.69) is 23.0 Å². The first-order chi connectivity index (χ1) is 17.4. The first-order valence-electron chi connectivity index (χ1n) is 12.6. The smallest absolute Gasteiger partial charge is 0.186 e. The number of rotatable bonds is 5. The molecule has 1 aliphatic heterocycles. The number of benzene rings is 2. The van der Waals surface area contributed by atoms with Gasteiger partial charge in [0.25, 0.3) is 0 Å². The fourth-order valence-corrected chi connectivity index (χ4v) is 6.35. The van der Waals surface area contributed by atoms with E-state index >= 15 is 0 Å². The van der Waals surface area contributed by atoms with Crippen molar-refractivity contribution in [2.24, 2.45) is 7.05 Å². The monoisotopic (exact) mass is 536 g/mol. The van der Waals surface area contributed by atoms with Crippen molar-refractivity contribution in [2.75, 3.05) is 11.4 Å². The van der Waals surface area contributed by atoms with Gasteiger partial charge in [0.15, 0.2) is 10.9 Å². The maximum absolute atomic E-state index is 13.0. The zero-order chi connectivity index (χ0) is 26.6. The highest BCUT2D eigenvalue weighted by Crippen LogP contribution is 2.45. The van der Waals surface area contributed by atoms with E-state index in [0.717, 1.165) is 57.1 Å². The summed E-state index contributed by atoms with van der Waals surface area (Å²) >= 11 is 7.92. The molecular weight excluding hydrogens is 504 g/mol. The number of aromatic nitrogens is 3. The third-order valence-electron chi connectivity index (χ3n) is 6.93. The molecule has 2 aromatic heterocycles. The summed E-state index contributed by atoms with van der Waals surface area (Å²) in [5.74, 6) is -0.0204. The molecule has 0 bridgehead atoms. The van der Waals surface area contributed by atoms with Crippen LogP contribution in [0.15, 0.2) is 30.3 Å². The Morgan fingerprint density at radius 3 is 2.54 bits per heavy atom. The normalized spacial score (nSPS) is 14.8. The molecule has 0 saturated heterocycles. The van der Waals surface area contributed by atoms with Gasteiger partial charge in [0, 0.05) is 54.0 Å². The lowest BCUT2D eigenvalue weighted by atomic mass is 9.90. The molecule has 2 aromatic carbocycles. The second-order valence-electron chi connectivity index (χ2n) is 10.9. The highest BCUT2D eigenvalue weighted by Gasteiger charge is 2.31. The van der Waals surface area contributed by atoms with Crippen molar-refractivity contribution in [1.29, 1.82) is 0 Å². The zero-order valence-electron chi connectivity index (χ0n) is 22.5. The van der Waals surface area contributed by atoms with Crippen molar-refractivity contribution in [3.63, 3.8) is 0 Å². The lowest BCUT2D eigenvalue weighted by Gasteiger charge is -2.29. The first-order valence-corrected chi connectivity index (χ1v) is 13.8. The molecule has 0 aliphatic carbocycles. The number of halogens is 1. The average Bonchev–Trinajstić information content (AvgIpc) is 3.37. The van der Waals surface area contributed by atoms with E-state index in [1.807, 2.05) is 63.7 Å². The number of hydrogen-bond donors (Lipinski definition) is 0. The molecule has 0 saturated carbocycles. The molecule has 5 rings (SSSR count). The fraction of sp³-hybridized carbons (Fsp3) is 0.414. The van der Waals surface area contributed by atoms with E-state index < -0.39 is 11.7 Å². The Morgan fingerprint density at radius 2 is 1.89 bits per heavy atom. The first kappa shape index (κ1) is 25.9. The molecule has 3 heterocycles. The molecular formula is C29H33ClN4O2S. The van der Waals surface area contributed by atoms with Gasteiger partial charge in [0.05, 0.1) is 21.5 Å². The Hall–Kier alpha value is -2.74. The molecule has 8 heteroatoms. The molecule has 0 unspecified atom stereocenters. The molecule has 1 aliphatic rings. The number of carbonyl (C=O) groups is 1. The standard InChI is InChI=1S/C29H33ClN4O2S/c1-16-14-23-27(37-28(31-23)34-13-12-22-21(15-34)17(2)33(7)32-22)25(19-8-10-20(30)11-9-19)24(16)26(18(3)35)36-29(4,5)6/h8-11,14,26H,12-13,15H2,1-7H3/t26-/m1/s1. The Morgan fingerprint density at radius 1 is 1.19 bits per heavy atom.